The van der Waals surface area contributed by atoms with E-state index in [1.807, 2.05) is 0 Å². The molecule has 0 spiro atoms. The molecule has 2 aromatic rings. The summed E-state index contributed by atoms with van der Waals surface area (Å²) in [7, 11) is 0. The fourth-order valence-corrected chi connectivity index (χ4v) is 4.63. The van der Waals surface area contributed by atoms with Crippen molar-refractivity contribution in [1.29, 1.82) is 0 Å². The minimum absolute atomic E-state index is 0.0275. The zero-order valence-corrected chi connectivity index (χ0v) is 24.6. The first-order valence-corrected chi connectivity index (χ1v) is 14.4. The zero-order chi connectivity index (χ0) is 31.4. The summed E-state index contributed by atoms with van der Waals surface area (Å²) in [6, 6.07) is 8.23. The van der Waals surface area contributed by atoms with Gasteiger partial charge in [-0.05, 0) is 69.0 Å². The molecule has 1 saturated heterocycles. The molecule has 2 aromatic carbocycles. The smallest absolute Gasteiger partial charge is 0.391 e. The minimum Gasteiger partial charge on any atom is -0.391 e. The Bertz CT molecular complexity index is 1250. The Kier molecular flexibility index (Phi) is 12.8. The number of alkyl halides is 3. The van der Waals surface area contributed by atoms with Crippen LogP contribution < -0.4 is 26.6 Å². The fourth-order valence-electron chi connectivity index (χ4n) is 4.63. The number of carbonyl (C=O) groups is 3. The van der Waals surface area contributed by atoms with E-state index < -0.39 is 47.8 Å². The molecule has 4 amide bonds. The molecule has 1 unspecified atom stereocenters. The highest BCUT2D eigenvalue weighted by atomic mass is 19.4. The third-order valence-electron chi connectivity index (χ3n) is 7.14. The quantitative estimate of drug-likeness (QED) is 0.194. The Morgan fingerprint density at radius 2 is 1.77 bits per heavy atom. The van der Waals surface area contributed by atoms with E-state index in [1.165, 1.54) is 21.6 Å². The second-order valence-electron chi connectivity index (χ2n) is 10.7. The molecule has 0 radical (unpaired) electrons. The lowest BCUT2D eigenvalue weighted by Gasteiger charge is -2.28. The number of benzene rings is 2. The van der Waals surface area contributed by atoms with E-state index in [9.17, 15) is 32.7 Å². The lowest BCUT2D eigenvalue weighted by Crippen LogP contribution is -2.48. The van der Waals surface area contributed by atoms with Crippen LogP contribution in [0.5, 0.6) is 0 Å². The minimum atomic E-state index is -4.71. The van der Waals surface area contributed by atoms with Crippen LogP contribution in [0.4, 0.5) is 23.7 Å². The number of halogens is 3. The van der Waals surface area contributed by atoms with Gasteiger partial charge in [-0.1, -0.05) is 23.8 Å². The average Bonchev–Trinajstić information content (AvgIpc) is 2.97. The van der Waals surface area contributed by atoms with Crippen LogP contribution in [0, 0.1) is 13.8 Å². The molecule has 236 valence electrons. The summed E-state index contributed by atoms with van der Waals surface area (Å²) in [5.74, 6) is -1.56. The number of nitrogens with zero attached hydrogens (tertiary/aromatic N) is 1. The monoisotopic (exact) mass is 606 g/mol. The van der Waals surface area contributed by atoms with Crippen molar-refractivity contribution in [3.63, 3.8) is 0 Å². The van der Waals surface area contributed by atoms with Gasteiger partial charge in [0, 0.05) is 39.3 Å². The largest absolute Gasteiger partial charge is 0.416 e. The van der Waals surface area contributed by atoms with Gasteiger partial charge in [0.05, 0.1) is 29.5 Å². The molecule has 1 aliphatic rings. The number of nitrogens with one attached hydrogen (secondary N) is 5. The van der Waals surface area contributed by atoms with Crippen molar-refractivity contribution in [2.75, 3.05) is 51.1 Å². The van der Waals surface area contributed by atoms with Gasteiger partial charge in [-0.25, -0.2) is 4.79 Å². The Labute approximate surface area is 249 Å². The van der Waals surface area contributed by atoms with Gasteiger partial charge in [-0.3, -0.25) is 9.59 Å². The molecule has 1 aliphatic heterocycles. The highest BCUT2D eigenvalue weighted by Crippen LogP contribution is 2.32. The van der Waals surface area contributed by atoms with Crippen LogP contribution in [0.3, 0.4) is 0 Å². The predicted octanol–water partition coefficient (Wildman–Crippen LogP) is 2.93. The molecule has 43 heavy (non-hydrogen) atoms. The lowest BCUT2D eigenvalue weighted by atomic mass is 10.1. The third-order valence-corrected chi connectivity index (χ3v) is 7.14. The molecule has 13 heteroatoms. The lowest BCUT2D eigenvalue weighted by molar-refractivity contribution is -0.137. The van der Waals surface area contributed by atoms with Gasteiger partial charge in [0.2, 0.25) is 5.91 Å². The SMILES string of the molecule is Cc1ccc(CNCCCCC(O)CNC(=O)CNC(=O)c2cc(C(F)(F)F)ccc2NC(=O)N2CCNCC2)c(C)c1. The molecule has 1 fully saturated rings. The Morgan fingerprint density at radius 1 is 1.02 bits per heavy atom. The summed E-state index contributed by atoms with van der Waals surface area (Å²) >= 11 is 0. The van der Waals surface area contributed by atoms with Crippen molar-refractivity contribution in [3.8, 4) is 0 Å². The number of hydrogen-bond acceptors (Lipinski definition) is 6. The fraction of sp³-hybridized carbons (Fsp3) is 0.500. The average molecular weight is 607 g/mol. The number of rotatable bonds is 13. The normalized spacial score (nSPS) is 14.2. The van der Waals surface area contributed by atoms with Gasteiger partial charge in [-0.15, -0.1) is 0 Å². The molecule has 1 heterocycles. The van der Waals surface area contributed by atoms with Crippen LogP contribution in [0.15, 0.2) is 36.4 Å². The van der Waals surface area contributed by atoms with Crippen LogP contribution in [-0.2, 0) is 17.5 Å². The van der Waals surface area contributed by atoms with Gasteiger partial charge in [-0.2, -0.15) is 13.2 Å². The van der Waals surface area contributed by atoms with Crippen molar-refractivity contribution in [3.05, 3.63) is 64.2 Å². The first kappa shape index (κ1) is 33.8. The number of anilines is 1. The number of aliphatic hydroxyl groups excluding tert-OH is 1. The van der Waals surface area contributed by atoms with Crippen molar-refractivity contribution in [2.24, 2.45) is 0 Å². The Balaban J connectivity index is 1.41. The molecule has 0 bridgehead atoms. The number of hydrogen-bond donors (Lipinski definition) is 6. The predicted molar refractivity (Wildman–Crippen MR) is 158 cm³/mol. The van der Waals surface area contributed by atoms with E-state index >= 15 is 0 Å². The maximum Gasteiger partial charge on any atom is 0.416 e. The number of aryl methyl sites for hydroxylation is 2. The Hall–Kier alpha value is -3.68. The molecule has 6 N–H and O–H groups in total. The van der Waals surface area contributed by atoms with Gasteiger partial charge < -0.3 is 36.6 Å². The molecule has 0 saturated carbocycles. The van der Waals surface area contributed by atoms with Crippen molar-refractivity contribution in [2.45, 2.75) is 51.9 Å². The summed E-state index contributed by atoms with van der Waals surface area (Å²) < 4.78 is 40.0. The number of aliphatic hydroxyl groups is 1. The van der Waals surface area contributed by atoms with E-state index in [-0.39, 0.29) is 12.2 Å². The standard InChI is InChI=1S/C30H41F3N6O4/c1-20-6-7-22(21(2)15-20)17-35-10-4-3-5-24(40)18-36-27(41)19-37-28(42)25-16-23(30(31,32)33)8-9-26(25)38-29(43)39-13-11-34-12-14-39/h6-9,15-16,24,34-35,40H,3-5,10-14,17-19H2,1-2H3,(H,36,41)(H,37,42)(H,38,43). The van der Waals surface area contributed by atoms with Crippen molar-refractivity contribution < 1.29 is 32.7 Å². The highest BCUT2D eigenvalue weighted by Gasteiger charge is 2.32. The molecule has 3 rings (SSSR count). The van der Waals surface area contributed by atoms with E-state index in [4.69, 9.17) is 0 Å². The summed E-state index contributed by atoms with van der Waals surface area (Å²) in [5.41, 5.74) is 2.12. The van der Waals surface area contributed by atoms with Crippen LogP contribution in [-0.4, -0.2) is 79.8 Å². The van der Waals surface area contributed by atoms with Crippen molar-refractivity contribution >= 4 is 23.5 Å². The number of amides is 4. The number of urea groups is 1. The van der Waals surface area contributed by atoms with E-state index in [1.54, 1.807) is 0 Å². The number of unbranched alkanes of at least 4 members (excludes halogenated alkanes) is 1. The molecular formula is C30H41F3N6O4. The van der Waals surface area contributed by atoms with Crippen LogP contribution in [0.2, 0.25) is 0 Å². The second-order valence-corrected chi connectivity index (χ2v) is 10.7. The molecule has 0 aliphatic carbocycles. The highest BCUT2D eigenvalue weighted by molar-refractivity contribution is 6.04. The van der Waals surface area contributed by atoms with Crippen molar-refractivity contribution in [1.82, 2.24) is 26.2 Å². The molecule has 10 nitrogen and oxygen atoms in total. The van der Waals surface area contributed by atoms with Crippen LogP contribution in [0.25, 0.3) is 0 Å². The molecule has 0 aromatic heterocycles. The van der Waals surface area contributed by atoms with Gasteiger partial charge in [0.25, 0.3) is 5.91 Å². The number of carbonyl (C=O) groups excluding carboxylic acids is 3. The molecule has 1 atom stereocenters. The van der Waals surface area contributed by atoms with Gasteiger partial charge in [0.1, 0.15) is 0 Å². The number of piperazine rings is 1. The van der Waals surface area contributed by atoms with Crippen LogP contribution >= 0.6 is 0 Å². The first-order valence-electron chi connectivity index (χ1n) is 14.4. The van der Waals surface area contributed by atoms with E-state index in [2.05, 4.69) is 58.6 Å². The van der Waals surface area contributed by atoms with E-state index in [0.29, 0.717) is 38.7 Å². The van der Waals surface area contributed by atoms with Gasteiger partial charge >= 0.3 is 12.2 Å². The zero-order valence-electron chi connectivity index (χ0n) is 24.6. The maximum atomic E-state index is 13.3. The summed E-state index contributed by atoms with van der Waals surface area (Å²) in [6.45, 7) is 7.10. The summed E-state index contributed by atoms with van der Waals surface area (Å²) in [5, 5.41) is 24.0. The van der Waals surface area contributed by atoms with E-state index in [0.717, 1.165) is 38.1 Å². The third kappa shape index (κ3) is 11.2. The molecular weight excluding hydrogens is 565 g/mol. The Morgan fingerprint density at radius 3 is 2.47 bits per heavy atom. The second kappa shape index (κ2) is 16.2. The van der Waals surface area contributed by atoms with Gasteiger partial charge in [0.15, 0.2) is 0 Å². The summed E-state index contributed by atoms with van der Waals surface area (Å²) in [6.07, 6.45) is -3.44. The summed E-state index contributed by atoms with van der Waals surface area (Å²) in [4.78, 5) is 39.1. The topological polar surface area (TPSA) is 135 Å². The first-order chi connectivity index (χ1) is 20.4. The maximum absolute atomic E-state index is 13.3. The van der Waals surface area contributed by atoms with Crippen LogP contribution in [0.1, 0.15) is 51.9 Å².